The molecule has 2 saturated carbocycles. The second-order valence-corrected chi connectivity index (χ2v) is 7.87. The molecule has 3 heteroatoms. The van der Waals surface area contributed by atoms with Crippen LogP contribution in [-0.2, 0) is 4.79 Å². The van der Waals surface area contributed by atoms with E-state index in [0.29, 0.717) is 11.3 Å². The van der Waals surface area contributed by atoms with Gasteiger partial charge >= 0.3 is 0 Å². The van der Waals surface area contributed by atoms with Gasteiger partial charge in [0.2, 0.25) is 5.91 Å². The van der Waals surface area contributed by atoms with Crippen LogP contribution in [0.2, 0.25) is 0 Å². The molecule has 20 heavy (non-hydrogen) atoms. The Morgan fingerprint density at radius 2 is 1.95 bits per heavy atom. The summed E-state index contributed by atoms with van der Waals surface area (Å²) in [4.78, 5) is 12.6. The van der Waals surface area contributed by atoms with E-state index >= 15 is 0 Å². The van der Waals surface area contributed by atoms with Gasteiger partial charge in [-0.3, -0.25) is 4.79 Å². The standard InChI is InChI=1S/C17H32N2O/c1-5-8-17(9-10-17)11-19-15(20)13-6-7-14(18)12(2)16(13,3)4/h12-14H,5-11,18H2,1-4H3,(H,19,20). The summed E-state index contributed by atoms with van der Waals surface area (Å²) in [5.74, 6) is 0.781. The first kappa shape index (κ1) is 15.8. The lowest BCUT2D eigenvalue weighted by atomic mass is 9.61. The molecular weight excluding hydrogens is 248 g/mol. The SMILES string of the molecule is CCCC1(CNC(=O)C2CCC(N)C(C)C2(C)C)CC1. The monoisotopic (exact) mass is 280 g/mol. The number of rotatable bonds is 5. The molecular formula is C17H32N2O. The molecule has 3 N–H and O–H groups in total. The highest BCUT2D eigenvalue weighted by atomic mass is 16.1. The van der Waals surface area contributed by atoms with Gasteiger partial charge in [-0.15, -0.1) is 0 Å². The summed E-state index contributed by atoms with van der Waals surface area (Å²) in [6, 6.07) is 0.240. The largest absolute Gasteiger partial charge is 0.355 e. The second-order valence-electron chi connectivity index (χ2n) is 7.87. The third-order valence-corrected chi connectivity index (χ3v) is 6.19. The fourth-order valence-electron chi connectivity index (χ4n) is 3.94. The van der Waals surface area contributed by atoms with Crippen molar-refractivity contribution in [1.82, 2.24) is 5.32 Å². The van der Waals surface area contributed by atoms with E-state index in [1.807, 2.05) is 0 Å². The van der Waals surface area contributed by atoms with Crippen molar-refractivity contribution in [2.24, 2.45) is 28.4 Å². The van der Waals surface area contributed by atoms with E-state index in [1.54, 1.807) is 0 Å². The van der Waals surface area contributed by atoms with E-state index in [1.165, 1.54) is 25.7 Å². The maximum absolute atomic E-state index is 12.6. The predicted octanol–water partition coefficient (Wildman–Crippen LogP) is 3.08. The number of hydrogen-bond acceptors (Lipinski definition) is 2. The van der Waals surface area contributed by atoms with E-state index in [-0.39, 0.29) is 23.3 Å². The van der Waals surface area contributed by atoms with Crippen LogP contribution in [0.15, 0.2) is 0 Å². The molecule has 0 aromatic carbocycles. The molecule has 2 fully saturated rings. The first-order valence-corrected chi connectivity index (χ1v) is 8.36. The average Bonchev–Trinajstić information content (AvgIpc) is 3.14. The lowest BCUT2D eigenvalue weighted by Crippen LogP contribution is -2.52. The number of carbonyl (C=O) groups excluding carboxylic acids is 1. The molecule has 0 saturated heterocycles. The van der Waals surface area contributed by atoms with E-state index in [2.05, 4.69) is 33.0 Å². The molecule has 3 nitrogen and oxygen atoms in total. The van der Waals surface area contributed by atoms with Crippen LogP contribution in [0.25, 0.3) is 0 Å². The summed E-state index contributed by atoms with van der Waals surface area (Å²) in [6.45, 7) is 9.73. The van der Waals surface area contributed by atoms with Crippen LogP contribution in [0.1, 0.15) is 66.2 Å². The zero-order chi connectivity index (χ0) is 15.0. The van der Waals surface area contributed by atoms with Crippen molar-refractivity contribution in [3.05, 3.63) is 0 Å². The molecule has 0 aliphatic heterocycles. The molecule has 1 amide bonds. The van der Waals surface area contributed by atoms with E-state index < -0.39 is 0 Å². The number of nitrogens with one attached hydrogen (secondary N) is 1. The van der Waals surface area contributed by atoms with Gasteiger partial charge in [-0.1, -0.05) is 34.1 Å². The van der Waals surface area contributed by atoms with Crippen molar-refractivity contribution in [2.45, 2.75) is 72.3 Å². The van der Waals surface area contributed by atoms with Crippen LogP contribution < -0.4 is 11.1 Å². The van der Waals surface area contributed by atoms with Gasteiger partial charge in [0.05, 0.1) is 0 Å². The van der Waals surface area contributed by atoms with Crippen molar-refractivity contribution in [1.29, 1.82) is 0 Å². The Morgan fingerprint density at radius 3 is 2.50 bits per heavy atom. The Hall–Kier alpha value is -0.570. The van der Waals surface area contributed by atoms with Crippen molar-refractivity contribution in [3.63, 3.8) is 0 Å². The highest BCUT2D eigenvalue weighted by Gasteiger charge is 2.46. The average molecular weight is 280 g/mol. The highest BCUT2D eigenvalue weighted by Crippen LogP contribution is 2.49. The van der Waals surface area contributed by atoms with E-state index in [4.69, 9.17) is 5.73 Å². The third kappa shape index (κ3) is 3.03. The molecule has 0 spiro atoms. The summed E-state index contributed by atoms with van der Waals surface area (Å²) in [7, 11) is 0. The van der Waals surface area contributed by atoms with Gasteiger partial charge in [0, 0.05) is 18.5 Å². The molecule has 3 unspecified atom stereocenters. The lowest BCUT2D eigenvalue weighted by molar-refractivity contribution is -0.132. The molecule has 116 valence electrons. The number of hydrogen-bond donors (Lipinski definition) is 2. The van der Waals surface area contributed by atoms with Crippen LogP contribution in [0.4, 0.5) is 0 Å². The Labute approximate surface area is 124 Å². The minimum atomic E-state index is 0.00320. The summed E-state index contributed by atoms with van der Waals surface area (Å²) in [5.41, 5.74) is 6.62. The van der Waals surface area contributed by atoms with Gasteiger partial charge in [-0.05, 0) is 48.9 Å². The third-order valence-electron chi connectivity index (χ3n) is 6.19. The number of carbonyl (C=O) groups is 1. The molecule has 3 atom stereocenters. The lowest BCUT2D eigenvalue weighted by Gasteiger charge is -2.46. The highest BCUT2D eigenvalue weighted by molar-refractivity contribution is 5.79. The molecule has 2 aliphatic carbocycles. The predicted molar refractivity (Wildman–Crippen MR) is 83.2 cm³/mol. The zero-order valence-corrected chi connectivity index (χ0v) is 13.7. The first-order chi connectivity index (χ1) is 9.32. The zero-order valence-electron chi connectivity index (χ0n) is 13.7. The van der Waals surface area contributed by atoms with Crippen molar-refractivity contribution in [3.8, 4) is 0 Å². The summed E-state index contributed by atoms with van der Waals surface area (Å²) in [6.07, 6.45) is 6.96. The molecule has 2 rings (SSSR count). The quantitative estimate of drug-likeness (QED) is 0.813. The number of amides is 1. The minimum Gasteiger partial charge on any atom is -0.355 e. The Bertz CT molecular complexity index is 360. The minimum absolute atomic E-state index is 0.00320. The Morgan fingerprint density at radius 1 is 1.30 bits per heavy atom. The van der Waals surface area contributed by atoms with E-state index in [0.717, 1.165) is 19.4 Å². The summed E-state index contributed by atoms with van der Waals surface area (Å²) >= 11 is 0. The summed E-state index contributed by atoms with van der Waals surface area (Å²) < 4.78 is 0. The maximum atomic E-state index is 12.6. The fraction of sp³-hybridized carbons (Fsp3) is 0.941. The first-order valence-electron chi connectivity index (χ1n) is 8.36. The van der Waals surface area contributed by atoms with Crippen molar-refractivity contribution < 1.29 is 4.79 Å². The fourth-order valence-corrected chi connectivity index (χ4v) is 3.94. The van der Waals surface area contributed by atoms with Gasteiger partial charge < -0.3 is 11.1 Å². The second kappa shape index (κ2) is 5.67. The molecule has 0 aromatic rings. The summed E-state index contributed by atoms with van der Waals surface area (Å²) in [5, 5.41) is 3.25. The van der Waals surface area contributed by atoms with Crippen LogP contribution in [0, 0.1) is 22.7 Å². The molecule has 0 aromatic heterocycles. The van der Waals surface area contributed by atoms with Crippen LogP contribution in [0.5, 0.6) is 0 Å². The van der Waals surface area contributed by atoms with Gasteiger partial charge in [-0.2, -0.15) is 0 Å². The smallest absolute Gasteiger partial charge is 0.223 e. The maximum Gasteiger partial charge on any atom is 0.223 e. The van der Waals surface area contributed by atoms with Crippen molar-refractivity contribution in [2.75, 3.05) is 6.54 Å². The molecule has 0 radical (unpaired) electrons. The van der Waals surface area contributed by atoms with Gasteiger partial charge in [0.15, 0.2) is 0 Å². The normalized spacial score (nSPS) is 34.5. The van der Waals surface area contributed by atoms with E-state index in [9.17, 15) is 4.79 Å². The Kier molecular flexibility index (Phi) is 4.48. The van der Waals surface area contributed by atoms with Crippen LogP contribution >= 0.6 is 0 Å². The van der Waals surface area contributed by atoms with Crippen molar-refractivity contribution >= 4 is 5.91 Å². The van der Waals surface area contributed by atoms with Gasteiger partial charge in [0.1, 0.15) is 0 Å². The van der Waals surface area contributed by atoms with Crippen LogP contribution in [-0.4, -0.2) is 18.5 Å². The Balaban J connectivity index is 1.92. The molecule has 2 aliphatic rings. The molecule has 0 bridgehead atoms. The topological polar surface area (TPSA) is 55.1 Å². The number of nitrogens with two attached hydrogens (primary N) is 1. The van der Waals surface area contributed by atoms with Gasteiger partial charge in [0.25, 0.3) is 0 Å². The molecule has 0 heterocycles. The van der Waals surface area contributed by atoms with Gasteiger partial charge in [-0.25, -0.2) is 0 Å². The van der Waals surface area contributed by atoms with Crippen LogP contribution in [0.3, 0.4) is 0 Å².